The van der Waals surface area contributed by atoms with Gasteiger partial charge in [0.15, 0.2) is 0 Å². The molecule has 1 aliphatic heterocycles. The van der Waals surface area contributed by atoms with E-state index < -0.39 is 0 Å². The van der Waals surface area contributed by atoms with E-state index in [4.69, 9.17) is 0 Å². The number of pyridine rings is 1. The van der Waals surface area contributed by atoms with Crippen molar-refractivity contribution in [1.82, 2.24) is 9.88 Å². The first-order valence-corrected chi connectivity index (χ1v) is 10.5. The van der Waals surface area contributed by atoms with Crippen molar-refractivity contribution in [1.29, 1.82) is 0 Å². The van der Waals surface area contributed by atoms with Gasteiger partial charge in [-0.3, -0.25) is 14.6 Å². The lowest BCUT2D eigenvalue weighted by Crippen LogP contribution is -2.40. The number of ketones is 1. The standard InChI is InChI=1S/C24H27FN2O2/c1-16-11-19(13-20(25)12-16)18-4-7-21(26-15-18)14-23(28)17-5-8-22(9-6-17)27-10-2-3-24(27)29/h4,7,11-13,15,17,22H,2-3,5-6,8-10,14H2,1H3. The summed E-state index contributed by atoms with van der Waals surface area (Å²) in [4.78, 5) is 31.1. The van der Waals surface area contributed by atoms with Crippen molar-refractivity contribution in [2.24, 2.45) is 5.92 Å². The highest BCUT2D eigenvalue weighted by Crippen LogP contribution is 2.31. The Morgan fingerprint density at radius 2 is 1.93 bits per heavy atom. The maximum atomic E-state index is 13.6. The van der Waals surface area contributed by atoms with Gasteiger partial charge in [-0.2, -0.15) is 0 Å². The van der Waals surface area contributed by atoms with Gasteiger partial charge >= 0.3 is 0 Å². The number of carbonyl (C=O) groups excluding carboxylic acids is 2. The topological polar surface area (TPSA) is 50.3 Å². The molecule has 1 saturated heterocycles. The predicted octanol–water partition coefficient (Wildman–Crippen LogP) is 4.49. The summed E-state index contributed by atoms with van der Waals surface area (Å²) in [5.41, 5.74) is 3.26. The predicted molar refractivity (Wildman–Crippen MR) is 110 cm³/mol. The summed E-state index contributed by atoms with van der Waals surface area (Å²) in [6, 6.07) is 9.01. The van der Waals surface area contributed by atoms with Gasteiger partial charge in [-0.1, -0.05) is 12.1 Å². The van der Waals surface area contributed by atoms with Crippen LogP contribution < -0.4 is 0 Å². The third-order valence-corrected chi connectivity index (χ3v) is 6.26. The van der Waals surface area contributed by atoms with Crippen LogP contribution in [0.3, 0.4) is 0 Å². The van der Waals surface area contributed by atoms with Crippen LogP contribution >= 0.6 is 0 Å². The van der Waals surface area contributed by atoms with E-state index in [2.05, 4.69) is 4.98 Å². The SMILES string of the molecule is Cc1cc(F)cc(-c2ccc(CC(=O)C3CCC(N4CCCC4=O)CC3)nc2)c1. The maximum Gasteiger partial charge on any atom is 0.222 e. The molecule has 0 unspecified atom stereocenters. The molecule has 0 atom stereocenters. The zero-order chi connectivity index (χ0) is 20.4. The number of carbonyl (C=O) groups is 2. The van der Waals surface area contributed by atoms with Gasteiger partial charge < -0.3 is 4.90 Å². The minimum atomic E-state index is -0.259. The number of benzene rings is 1. The lowest BCUT2D eigenvalue weighted by molar-refractivity contribution is -0.130. The number of hydrogen-bond donors (Lipinski definition) is 0. The van der Waals surface area contributed by atoms with Gasteiger partial charge in [-0.05, 0) is 68.4 Å². The monoisotopic (exact) mass is 394 g/mol. The summed E-state index contributed by atoms with van der Waals surface area (Å²) in [6.45, 7) is 2.74. The summed E-state index contributed by atoms with van der Waals surface area (Å²) >= 11 is 0. The molecule has 2 fully saturated rings. The van der Waals surface area contributed by atoms with Crippen molar-refractivity contribution in [3.05, 3.63) is 53.6 Å². The second-order valence-electron chi connectivity index (χ2n) is 8.39. The van der Waals surface area contributed by atoms with E-state index in [1.807, 2.05) is 30.0 Å². The van der Waals surface area contributed by atoms with Gasteiger partial charge in [-0.25, -0.2) is 4.39 Å². The van der Waals surface area contributed by atoms with Crippen LogP contribution in [0.4, 0.5) is 4.39 Å². The Bertz CT molecular complexity index is 881. The van der Waals surface area contributed by atoms with Crippen LogP contribution in [0.2, 0.25) is 0 Å². The van der Waals surface area contributed by atoms with E-state index in [1.54, 1.807) is 6.20 Å². The number of aryl methyl sites for hydroxylation is 1. The summed E-state index contributed by atoms with van der Waals surface area (Å²) in [5, 5.41) is 0. The summed E-state index contributed by atoms with van der Waals surface area (Å²) in [7, 11) is 0. The molecule has 1 aromatic heterocycles. The molecule has 2 aromatic rings. The Labute approximate surface area is 171 Å². The fourth-order valence-electron chi connectivity index (χ4n) is 4.69. The van der Waals surface area contributed by atoms with Gasteiger partial charge in [0.05, 0.1) is 0 Å². The third-order valence-electron chi connectivity index (χ3n) is 6.26. The molecule has 1 amide bonds. The Kier molecular flexibility index (Phi) is 5.74. The van der Waals surface area contributed by atoms with Crippen molar-refractivity contribution in [2.45, 2.75) is 57.9 Å². The molecule has 1 saturated carbocycles. The van der Waals surface area contributed by atoms with Crippen molar-refractivity contribution in [3.8, 4) is 11.1 Å². The molecule has 2 aliphatic rings. The first kappa shape index (κ1) is 19.7. The number of Topliss-reactive ketones (excluding diaryl/α,β-unsaturated/α-hetero) is 1. The molecule has 29 heavy (non-hydrogen) atoms. The number of amides is 1. The maximum absolute atomic E-state index is 13.6. The zero-order valence-electron chi connectivity index (χ0n) is 16.9. The van der Waals surface area contributed by atoms with Crippen LogP contribution in [0, 0.1) is 18.7 Å². The first-order valence-electron chi connectivity index (χ1n) is 10.5. The first-order chi connectivity index (χ1) is 14.0. The minimum absolute atomic E-state index is 0.0660. The molecule has 4 rings (SSSR count). The van der Waals surface area contributed by atoms with Crippen molar-refractivity contribution in [2.75, 3.05) is 6.54 Å². The van der Waals surface area contributed by atoms with Crippen molar-refractivity contribution in [3.63, 3.8) is 0 Å². The Morgan fingerprint density at radius 3 is 2.55 bits per heavy atom. The average molecular weight is 394 g/mol. The molecular formula is C24H27FN2O2. The Balaban J connectivity index is 1.33. The largest absolute Gasteiger partial charge is 0.340 e. The Hall–Kier alpha value is -2.56. The molecule has 4 nitrogen and oxygen atoms in total. The van der Waals surface area contributed by atoms with Gasteiger partial charge in [0.1, 0.15) is 11.6 Å². The highest BCUT2D eigenvalue weighted by atomic mass is 19.1. The van der Waals surface area contributed by atoms with Gasteiger partial charge in [-0.15, -0.1) is 0 Å². The van der Waals surface area contributed by atoms with E-state index in [0.717, 1.165) is 61.0 Å². The third kappa shape index (κ3) is 4.55. The lowest BCUT2D eigenvalue weighted by atomic mass is 9.82. The van der Waals surface area contributed by atoms with Crippen LogP contribution in [-0.4, -0.2) is 34.2 Å². The van der Waals surface area contributed by atoms with Crippen molar-refractivity contribution < 1.29 is 14.0 Å². The van der Waals surface area contributed by atoms with E-state index in [9.17, 15) is 14.0 Å². The smallest absolute Gasteiger partial charge is 0.222 e. The number of aromatic nitrogens is 1. The molecule has 2 heterocycles. The minimum Gasteiger partial charge on any atom is -0.340 e. The second kappa shape index (κ2) is 8.44. The Morgan fingerprint density at radius 1 is 1.14 bits per heavy atom. The number of rotatable bonds is 5. The van der Waals surface area contributed by atoms with Crippen LogP contribution in [0.25, 0.3) is 11.1 Å². The van der Waals surface area contributed by atoms with Crippen LogP contribution in [-0.2, 0) is 16.0 Å². The van der Waals surface area contributed by atoms with E-state index in [-0.39, 0.29) is 23.4 Å². The molecule has 0 radical (unpaired) electrons. The van der Waals surface area contributed by atoms with Crippen molar-refractivity contribution >= 4 is 11.7 Å². The highest BCUT2D eigenvalue weighted by molar-refractivity contribution is 5.83. The molecule has 0 spiro atoms. The van der Waals surface area contributed by atoms with E-state index >= 15 is 0 Å². The quantitative estimate of drug-likeness (QED) is 0.751. The summed E-state index contributed by atoms with van der Waals surface area (Å²) in [5.74, 6) is 0.317. The van der Waals surface area contributed by atoms with E-state index in [1.165, 1.54) is 12.1 Å². The normalized spacial score (nSPS) is 22.1. The highest BCUT2D eigenvalue weighted by Gasteiger charge is 2.33. The number of hydrogen-bond acceptors (Lipinski definition) is 3. The van der Waals surface area contributed by atoms with Crippen LogP contribution in [0.1, 0.15) is 49.8 Å². The number of nitrogens with zero attached hydrogens (tertiary/aromatic N) is 2. The zero-order valence-corrected chi connectivity index (χ0v) is 16.9. The molecular weight excluding hydrogens is 367 g/mol. The van der Waals surface area contributed by atoms with Crippen LogP contribution in [0.15, 0.2) is 36.5 Å². The summed E-state index contributed by atoms with van der Waals surface area (Å²) in [6.07, 6.45) is 7.25. The molecule has 152 valence electrons. The number of halogens is 1. The van der Waals surface area contributed by atoms with Gasteiger partial charge in [0, 0.05) is 48.8 Å². The fourth-order valence-corrected chi connectivity index (χ4v) is 4.69. The molecule has 0 bridgehead atoms. The second-order valence-corrected chi connectivity index (χ2v) is 8.39. The fraction of sp³-hybridized carbons (Fsp3) is 0.458. The van der Waals surface area contributed by atoms with Crippen LogP contribution in [0.5, 0.6) is 0 Å². The molecule has 5 heteroatoms. The van der Waals surface area contributed by atoms with Gasteiger partial charge in [0.2, 0.25) is 5.91 Å². The van der Waals surface area contributed by atoms with Gasteiger partial charge in [0.25, 0.3) is 0 Å². The molecule has 0 N–H and O–H groups in total. The summed E-state index contributed by atoms with van der Waals surface area (Å²) < 4.78 is 13.6. The average Bonchev–Trinajstić information content (AvgIpc) is 3.14. The van der Waals surface area contributed by atoms with E-state index in [0.29, 0.717) is 18.9 Å². The number of likely N-dealkylation sites (tertiary alicyclic amines) is 1. The molecule has 1 aliphatic carbocycles. The lowest BCUT2D eigenvalue weighted by Gasteiger charge is -2.34. The molecule has 1 aromatic carbocycles.